The third-order valence-electron chi connectivity index (χ3n) is 4.12. The quantitative estimate of drug-likeness (QED) is 0.579. The van der Waals surface area contributed by atoms with Crippen molar-refractivity contribution in [2.75, 3.05) is 42.3 Å². The number of aliphatic hydroxyl groups excluding tert-OH is 1. The maximum Gasteiger partial charge on any atom is 0.325 e. The Kier molecular flexibility index (Phi) is 7.48. The summed E-state index contributed by atoms with van der Waals surface area (Å²) in [6.45, 7) is 1.06. The zero-order valence-electron chi connectivity index (χ0n) is 16.1. The first-order valence-corrected chi connectivity index (χ1v) is 9.77. The number of nitriles is 1. The number of ether oxygens (including phenoxy) is 2. The lowest BCUT2D eigenvalue weighted by molar-refractivity contribution is 0.261. The zero-order chi connectivity index (χ0) is 21.3. The highest BCUT2D eigenvalue weighted by molar-refractivity contribution is 6.33. The average molecular weight is 433 g/mol. The Morgan fingerprint density at radius 2 is 2.03 bits per heavy atom. The first kappa shape index (κ1) is 21.4. The summed E-state index contributed by atoms with van der Waals surface area (Å²) in [5.74, 6) is 0.642. The van der Waals surface area contributed by atoms with Crippen LogP contribution in [0.25, 0.3) is 0 Å². The molecule has 0 atom stereocenters. The zero-order valence-corrected chi connectivity index (χ0v) is 16.8. The number of rotatable bonds is 3. The van der Waals surface area contributed by atoms with Crippen molar-refractivity contribution in [3.05, 3.63) is 29.0 Å². The maximum absolute atomic E-state index is 12.5. The highest BCUT2D eigenvalue weighted by atomic mass is 35.5. The molecule has 2 heterocycles. The van der Waals surface area contributed by atoms with Crippen LogP contribution in [0.15, 0.2) is 18.3 Å². The number of nitrogens with one attached hydrogen (secondary N) is 3. The Hall–Kier alpha value is -3.29. The summed E-state index contributed by atoms with van der Waals surface area (Å²) in [4.78, 5) is 20.6. The molecule has 0 saturated heterocycles. The van der Waals surface area contributed by atoms with Crippen LogP contribution in [0, 0.1) is 11.3 Å². The van der Waals surface area contributed by atoms with Crippen molar-refractivity contribution in [3.8, 4) is 17.7 Å². The molecule has 1 aliphatic rings. The lowest BCUT2D eigenvalue weighted by Crippen LogP contribution is -2.21. The van der Waals surface area contributed by atoms with Gasteiger partial charge in [-0.15, -0.1) is 0 Å². The smallest absolute Gasteiger partial charge is 0.325 e. The van der Waals surface area contributed by atoms with Gasteiger partial charge < -0.3 is 25.2 Å². The van der Waals surface area contributed by atoms with Gasteiger partial charge in [-0.25, -0.2) is 9.78 Å². The van der Waals surface area contributed by atoms with Gasteiger partial charge in [0, 0.05) is 12.6 Å². The minimum absolute atomic E-state index is 0.0497. The molecule has 0 spiro atoms. The van der Waals surface area contributed by atoms with Gasteiger partial charge in [-0.05, 0) is 25.3 Å². The number of carbonyl (C=O) groups excluding carboxylic acids is 1. The van der Waals surface area contributed by atoms with Crippen molar-refractivity contribution < 1.29 is 19.4 Å². The molecule has 4 N–H and O–H groups in total. The second kappa shape index (κ2) is 10.5. The largest absolute Gasteiger partial charge is 0.491 e. The van der Waals surface area contributed by atoms with Crippen LogP contribution in [0.4, 0.5) is 22.0 Å². The highest BCUT2D eigenvalue weighted by Crippen LogP contribution is 2.35. The Bertz CT molecular complexity index is 949. The molecule has 10 nitrogen and oxygen atoms in total. The number of hydrogen-bond donors (Lipinski definition) is 4. The molecular formula is C19H21ClN6O4. The van der Waals surface area contributed by atoms with E-state index >= 15 is 0 Å². The summed E-state index contributed by atoms with van der Waals surface area (Å²) in [5, 5.41) is 26.8. The van der Waals surface area contributed by atoms with E-state index < -0.39 is 6.03 Å². The van der Waals surface area contributed by atoms with E-state index in [-0.39, 0.29) is 24.0 Å². The first-order valence-electron chi connectivity index (χ1n) is 9.39. The average Bonchev–Trinajstić information content (AvgIpc) is 2.73. The number of benzene rings is 1. The molecule has 2 amide bonds. The van der Waals surface area contributed by atoms with Gasteiger partial charge in [-0.2, -0.15) is 10.2 Å². The van der Waals surface area contributed by atoms with E-state index in [1.54, 1.807) is 12.1 Å². The topological polar surface area (TPSA) is 141 Å². The fourth-order valence-electron chi connectivity index (χ4n) is 2.71. The predicted molar refractivity (Wildman–Crippen MR) is 111 cm³/mol. The number of hydrogen-bond acceptors (Lipinski definition) is 8. The van der Waals surface area contributed by atoms with Gasteiger partial charge in [0.2, 0.25) is 5.69 Å². The lowest BCUT2D eigenvalue weighted by atomic mass is 10.2. The summed E-state index contributed by atoms with van der Waals surface area (Å²) in [7, 11) is 0. The van der Waals surface area contributed by atoms with Gasteiger partial charge in [0.05, 0.1) is 42.4 Å². The Labute approximate surface area is 178 Å². The number of nitrogens with zero attached hydrogens (tertiary/aromatic N) is 3. The molecule has 0 fully saturated rings. The molecule has 0 saturated carbocycles. The molecule has 1 aliphatic heterocycles. The van der Waals surface area contributed by atoms with E-state index in [1.807, 2.05) is 6.07 Å². The number of fused-ring (bicyclic) bond motifs is 3. The van der Waals surface area contributed by atoms with Crippen LogP contribution in [-0.2, 0) is 0 Å². The second-order valence-electron chi connectivity index (χ2n) is 6.34. The molecule has 1 aromatic heterocycles. The van der Waals surface area contributed by atoms with E-state index in [0.29, 0.717) is 41.9 Å². The highest BCUT2D eigenvalue weighted by Gasteiger charge is 2.15. The Morgan fingerprint density at radius 3 is 2.80 bits per heavy atom. The molecule has 3 rings (SSSR count). The van der Waals surface area contributed by atoms with Gasteiger partial charge in [0.1, 0.15) is 11.8 Å². The first-order chi connectivity index (χ1) is 14.6. The second-order valence-corrected chi connectivity index (χ2v) is 6.74. The summed E-state index contributed by atoms with van der Waals surface area (Å²) in [5.41, 5.74) is 1.01. The van der Waals surface area contributed by atoms with Crippen LogP contribution in [0.3, 0.4) is 0 Å². The minimum atomic E-state index is -0.591. The van der Waals surface area contributed by atoms with Crippen LogP contribution in [0.1, 0.15) is 25.0 Å². The van der Waals surface area contributed by atoms with E-state index in [0.717, 1.165) is 19.3 Å². The maximum atomic E-state index is 12.5. The number of urea groups is 1. The summed E-state index contributed by atoms with van der Waals surface area (Å²) in [6, 6.07) is 4.57. The van der Waals surface area contributed by atoms with Crippen LogP contribution < -0.4 is 25.4 Å². The van der Waals surface area contributed by atoms with E-state index in [1.165, 1.54) is 6.20 Å². The number of carbonyl (C=O) groups is 1. The van der Waals surface area contributed by atoms with Gasteiger partial charge in [-0.1, -0.05) is 11.6 Å². The Morgan fingerprint density at radius 1 is 1.23 bits per heavy atom. The number of halogens is 1. The van der Waals surface area contributed by atoms with Crippen molar-refractivity contribution in [2.24, 2.45) is 0 Å². The third kappa shape index (κ3) is 5.62. The van der Waals surface area contributed by atoms with E-state index in [2.05, 4.69) is 25.9 Å². The molecule has 0 aliphatic carbocycles. The standard InChI is InChI=1S/C19H21ClN6O4/c20-12-8-14-16(9-13(12)22-4-5-27)29-6-2-1-3-7-30-18-15(10-21)23-11-17(25-18)26-19(28)24-14/h8-9,11,22,27H,1-7H2,(H2,24,25,26,28). The summed E-state index contributed by atoms with van der Waals surface area (Å²) < 4.78 is 11.4. The molecule has 158 valence electrons. The molecule has 30 heavy (non-hydrogen) atoms. The lowest BCUT2D eigenvalue weighted by Gasteiger charge is -2.16. The minimum Gasteiger partial charge on any atom is -0.491 e. The molecule has 2 bridgehead atoms. The number of aliphatic hydroxyl groups is 1. The van der Waals surface area contributed by atoms with Gasteiger partial charge in [0.25, 0.3) is 5.88 Å². The van der Waals surface area contributed by atoms with Crippen molar-refractivity contribution in [1.82, 2.24) is 9.97 Å². The monoisotopic (exact) mass is 432 g/mol. The van der Waals surface area contributed by atoms with E-state index in [9.17, 15) is 4.79 Å². The summed E-state index contributed by atoms with van der Waals surface area (Å²) in [6.07, 6.45) is 3.60. The fourth-order valence-corrected chi connectivity index (χ4v) is 2.94. The number of aromatic nitrogens is 2. The fraction of sp³-hybridized carbons (Fsp3) is 0.368. The van der Waals surface area contributed by atoms with Crippen molar-refractivity contribution in [2.45, 2.75) is 19.3 Å². The summed E-state index contributed by atoms with van der Waals surface area (Å²) >= 11 is 6.29. The number of anilines is 3. The molecule has 2 aromatic rings. The van der Waals surface area contributed by atoms with Crippen LogP contribution >= 0.6 is 11.6 Å². The van der Waals surface area contributed by atoms with Crippen molar-refractivity contribution in [1.29, 1.82) is 5.26 Å². The molecule has 0 unspecified atom stereocenters. The Balaban J connectivity index is 1.87. The molecule has 11 heteroatoms. The van der Waals surface area contributed by atoms with Crippen LogP contribution in [0.2, 0.25) is 5.02 Å². The van der Waals surface area contributed by atoms with Crippen LogP contribution in [0.5, 0.6) is 11.6 Å². The third-order valence-corrected chi connectivity index (χ3v) is 4.43. The molecule has 0 radical (unpaired) electrons. The van der Waals surface area contributed by atoms with Gasteiger partial charge >= 0.3 is 6.03 Å². The number of amides is 2. The van der Waals surface area contributed by atoms with Crippen LogP contribution in [-0.4, -0.2) is 47.5 Å². The SMILES string of the molecule is N#Cc1ncc2nc1OCCCCCOc1cc(NCCO)c(Cl)cc1NC(=O)N2. The van der Waals surface area contributed by atoms with Gasteiger partial charge in [-0.3, -0.25) is 5.32 Å². The van der Waals surface area contributed by atoms with Crippen molar-refractivity contribution >= 4 is 34.8 Å². The van der Waals surface area contributed by atoms with Crippen molar-refractivity contribution in [3.63, 3.8) is 0 Å². The van der Waals surface area contributed by atoms with Gasteiger partial charge in [0.15, 0.2) is 5.82 Å². The molecular weight excluding hydrogens is 412 g/mol. The normalized spacial score (nSPS) is 14.4. The predicted octanol–water partition coefficient (Wildman–Crippen LogP) is 2.99. The van der Waals surface area contributed by atoms with E-state index in [4.69, 9.17) is 31.4 Å². The molecule has 1 aromatic carbocycles.